The standard InChI is InChI=1S/C16H14BrClF2/c1-8-4-9(2)14(10(3)5-8)16(18)15-12(19)6-11(17)7-13(15)20/h4-7,16H,1-3H3. The molecule has 0 fully saturated rings. The van der Waals surface area contributed by atoms with Gasteiger partial charge in [0.15, 0.2) is 0 Å². The van der Waals surface area contributed by atoms with Gasteiger partial charge in [-0.05, 0) is 49.6 Å². The summed E-state index contributed by atoms with van der Waals surface area (Å²) in [6.07, 6.45) is 0. The molecule has 0 spiro atoms. The van der Waals surface area contributed by atoms with Crippen LogP contribution < -0.4 is 0 Å². The first-order valence-electron chi connectivity index (χ1n) is 6.17. The fourth-order valence-electron chi connectivity index (χ4n) is 2.53. The van der Waals surface area contributed by atoms with Crippen LogP contribution in [0.1, 0.15) is 33.2 Å². The third kappa shape index (κ3) is 2.89. The molecule has 0 saturated carbocycles. The fraction of sp³-hybridized carbons (Fsp3) is 0.250. The molecule has 4 heteroatoms. The molecule has 0 aliphatic carbocycles. The SMILES string of the molecule is Cc1cc(C)c(C(Cl)c2c(F)cc(Br)cc2F)c(C)c1. The third-order valence-corrected chi connectivity index (χ3v) is 4.18. The van der Waals surface area contributed by atoms with E-state index in [1.807, 2.05) is 32.9 Å². The van der Waals surface area contributed by atoms with Crippen LogP contribution in [0.2, 0.25) is 0 Å². The maximum absolute atomic E-state index is 14.0. The second-order valence-corrected chi connectivity index (χ2v) is 6.31. The Balaban J connectivity index is 2.61. The van der Waals surface area contributed by atoms with Crippen LogP contribution in [0.5, 0.6) is 0 Å². The molecule has 1 unspecified atom stereocenters. The minimum atomic E-state index is -0.844. The summed E-state index contributed by atoms with van der Waals surface area (Å²) in [7, 11) is 0. The highest BCUT2D eigenvalue weighted by Gasteiger charge is 2.23. The van der Waals surface area contributed by atoms with Crippen molar-refractivity contribution in [3.05, 3.63) is 68.2 Å². The van der Waals surface area contributed by atoms with Gasteiger partial charge in [-0.25, -0.2) is 8.78 Å². The second kappa shape index (κ2) is 5.82. The average Bonchev–Trinajstić information content (AvgIpc) is 2.25. The smallest absolute Gasteiger partial charge is 0.132 e. The fourth-order valence-corrected chi connectivity index (χ4v) is 3.49. The van der Waals surface area contributed by atoms with Crippen LogP contribution >= 0.6 is 27.5 Å². The summed E-state index contributed by atoms with van der Waals surface area (Å²) in [5, 5.41) is -0.844. The van der Waals surface area contributed by atoms with Crippen LogP contribution in [0.15, 0.2) is 28.7 Å². The molecule has 106 valence electrons. The Bertz CT molecular complexity index is 564. The quantitative estimate of drug-likeness (QED) is 0.579. The lowest BCUT2D eigenvalue weighted by Gasteiger charge is -2.18. The van der Waals surface area contributed by atoms with E-state index >= 15 is 0 Å². The maximum atomic E-state index is 14.0. The number of benzene rings is 2. The summed E-state index contributed by atoms with van der Waals surface area (Å²) in [5.41, 5.74) is 3.63. The molecule has 2 aromatic carbocycles. The molecule has 0 radical (unpaired) electrons. The van der Waals surface area contributed by atoms with Crippen molar-refractivity contribution in [3.63, 3.8) is 0 Å². The molecule has 0 aliphatic heterocycles. The summed E-state index contributed by atoms with van der Waals surface area (Å²) in [4.78, 5) is 0. The monoisotopic (exact) mass is 358 g/mol. The highest BCUT2D eigenvalue weighted by Crippen LogP contribution is 2.37. The van der Waals surface area contributed by atoms with Crippen LogP contribution in [0.4, 0.5) is 8.78 Å². The van der Waals surface area contributed by atoms with Gasteiger partial charge in [0, 0.05) is 10.0 Å². The van der Waals surface area contributed by atoms with Crippen LogP contribution in [0.25, 0.3) is 0 Å². The molecular weight excluding hydrogens is 346 g/mol. The predicted octanol–water partition coefficient (Wildman–Crippen LogP) is 5.98. The number of hydrogen-bond acceptors (Lipinski definition) is 0. The first kappa shape index (κ1) is 15.5. The Kier molecular flexibility index (Phi) is 4.50. The van der Waals surface area contributed by atoms with E-state index in [9.17, 15) is 8.78 Å². The highest BCUT2D eigenvalue weighted by molar-refractivity contribution is 9.10. The zero-order valence-electron chi connectivity index (χ0n) is 11.4. The van der Waals surface area contributed by atoms with Gasteiger partial charge in [0.2, 0.25) is 0 Å². The minimum absolute atomic E-state index is 0.107. The summed E-state index contributed by atoms with van der Waals surface area (Å²) in [5.74, 6) is -1.28. The van der Waals surface area contributed by atoms with Gasteiger partial charge in [0.25, 0.3) is 0 Å². The highest BCUT2D eigenvalue weighted by atomic mass is 79.9. The molecule has 0 aromatic heterocycles. The van der Waals surface area contributed by atoms with Crippen molar-refractivity contribution in [1.29, 1.82) is 0 Å². The molecule has 0 bridgehead atoms. The van der Waals surface area contributed by atoms with E-state index in [0.717, 1.165) is 22.3 Å². The molecule has 0 amide bonds. The Morgan fingerprint density at radius 2 is 1.35 bits per heavy atom. The van der Waals surface area contributed by atoms with Crippen LogP contribution in [-0.2, 0) is 0 Å². The molecule has 0 nitrogen and oxygen atoms in total. The van der Waals surface area contributed by atoms with E-state index in [2.05, 4.69) is 15.9 Å². The molecule has 2 aromatic rings. The Hall–Kier alpha value is -0.930. The molecule has 0 saturated heterocycles. The molecule has 0 N–H and O–H groups in total. The number of alkyl halides is 1. The average molecular weight is 360 g/mol. The summed E-state index contributed by atoms with van der Waals surface area (Å²) < 4.78 is 28.4. The number of aryl methyl sites for hydroxylation is 3. The van der Waals surface area contributed by atoms with Crippen molar-refractivity contribution in [2.24, 2.45) is 0 Å². The largest absolute Gasteiger partial charge is 0.206 e. The summed E-state index contributed by atoms with van der Waals surface area (Å²) in [6.45, 7) is 5.78. The number of halogens is 4. The molecule has 0 aliphatic rings. The van der Waals surface area contributed by atoms with E-state index in [1.165, 1.54) is 12.1 Å². The first-order valence-corrected chi connectivity index (χ1v) is 7.40. The van der Waals surface area contributed by atoms with Gasteiger partial charge in [0.05, 0.1) is 5.38 Å². The Morgan fingerprint density at radius 3 is 1.80 bits per heavy atom. The van der Waals surface area contributed by atoms with E-state index < -0.39 is 17.0 Å². The van der Waals surface area contributed by atoms with Crippen molar-refractivity contribution in [3.8, 4) is 0 Å². The molecule has 20 heavy (non-hydrogen) atoms. The van der Waals surface area contributed by atoms with Gasteiger partial charge in [-0.2, -0.15) is 0 Å². The van der Waals surface area contributed by atoms with E-state index in [0.29, 0.717) is 4.47 Å². The normalized spacial score (nSPS) is 12.6. The van der Waals surface area contributed by atoms with Gasteiger partial charge in [-0.1, -0.05) is 33.6 Å². The zero-order chi connectivity index (χ0) is 15.0. The van der Waals surface area contributed by atoms with Gasteiger partial charge >= 0.3 is 0 Å². The lowest BCUT2D eigenvalue weighted by atomic mass is 9.93. The van der Waals surface area contributed by atoms with Crippen LogP contribution in [0, 0.1) is 32.4 Å². The van der Waals surface area contributed by atoms with Gasteiger partial charge in [0.1, 0.15) is 11.6 Å². The summed E-state index contributed by atoms with van der Waals surface area (Å²) >= 11 is 9.43. The predicted molar refractivity (Wildman–Crippen MR) is 82.4 cm³/mol. The summed E-state index contributed by atoms with van der Waals surface area (Å²) in [6, 6.07) is 6.39. The second-order valence-electron chi connectivity index (χ2n) is 4.96. The number of hydrogen-bond donors (Lipinski definition) is 0. The zero-order valence-corrected chi connectivity index (χ0v) is 13.7. The third-order valence-electron chi connectivity index (χ3n) is 3.29. The number of rotatable bonds is 2. The topological polar surface area (TPSA) is 0 Å². The molecule has 2 rings (SSSR count). The minimum Gasteiger partial charge on any atom is -0.206 e. The van der Waals surface area contributed by atoms with E-state index in [-0.39, 0.29) is 5.56 Å². The maximum Gasteiger partial charge on any atom is 0.132 e. The molecule has 1 atom stereocenters. The van der Waals surface area contributed by atoms with Gasteiger partial charge < -0.3 is 0 Å². The van der Waals surface area contributed by atoms with Crippen molar-refractivity contribution in [1.82, 2.24) is 0 Å². The van der Waals surface area contributed by atoms with E-state index in [1.54, 1.807) is 0 Å². The van der Waals surface area contributed by atoms with E-state index in [4.69, 9.17) is 11.6 Å². The lowest BCUT2D eigenvalue weighted by molar-refractivity contribution is 0.557. The van der Waals surface area contributed by atoms with Gasteiger partial charge in [-0.15, -0.1) is 11.6 Å². The van der Waals surface area contributed by atoms with Crippen molar-refractivity contribution in [2.75, 3.05) is 0 Å². The first-order chi connectivity index (χ1) is 9.31. The van der Waals surface area contributed by atoms with Crippen molar-refractivity contribution in [2.45, 2.75) is 26.1 Å². The van der Waals surface area contributed by atoms with Crippen molar-refractivity contribution >= 4 is 27.5 Å². The molecule has 0 heterocycles. The van der Waals surface area contributed by atoms with Gasteiger partial charge in [-0.3, -0.25) is 0 Å². The van der Waals surface area contributed by atoms with Crippen molar-refractivity contribution < 1.29 is 8.78 Å². The lowest BCUT2D eigenvalue weighted by Crippen LogP contribution is -2.05. The molecular formula is C16H14BrClF2. The Morgan fingerprint density at radius 1 is 0.900 bits per heavy atom. The Labute approximate surface area is 130 Å². The van der Waals surface area contributed by atoms with Crippen LogP contribution in [-0.4, -0.2) is 0 Å². The van der Waals surface area contributed by atoms with Crippen LogP contribution in [0.3, 0.4) is 0 Å².